The van der Waals surface area contributed by atoms with E-state index in [1.807, 2.05) is 45.1 Å². The number of halogens is 1. The Morgan fingerprint density at radius 2 is 1.86 bits per heavy atom. The minimum absolute atomic E-state index is 0.280. The van der Waals surface area contributed by atoms with Gasteiger partial charge in [-0.15, -0.1) is 0 Å². The van der Waals surface area contributed by atoms with Crippen LogP contribution in [0.5, 0.6) is 0 Å². The van der Waals surface area contributed by atoms with Crippen molar-refractivity contribution in [2.45, 2.75) is 20.8 Å². The van der Waals surface area contributed by atoms with E-state index in [0.29, 0.717) is 22.4 Å². The average Bonchev–Trinajstić information content (AvgIpc) is 3.21. The highest BCUT2D eigenvalue weighted by Crippen LogP contribution is 2.26. The van der Waals surface area contributed by atoms with Gasteiger partial charge in [-0.1, -0.05) is 50.1 Å². The van der Waals surface area contributed by atoms with E-state index < -0.39 is 0 Å². The second-order valence-corrected chi connectivity index (χ2v) is 8.04. The predicted octanol–water partition coefficient (Wildman–Crippen LogP) is 4.94. The third kappa shape index (κ3) is 5.92. The summed E-state index contributed by atoms with van der Waals surface area (Å²) in [6, 6.07) is 8.24. The van der Waals surface area contributed by atoms with Crippen molar-refractivity contribution in [3.8, 4) is 0 Å². The fourth-order valence-corrected chi connectivity index (χ4v) is 3.64. The van der Waals surface area contributed by atoms with Crippen molar-refractivity contribution in [3.63, 3.8) is 0 Å². The molecule has 0 aliphatic heterocycles. The van der Waals surface area contributed by atoms with Crippen LogP contribution >= 0.6 is 0 Å². The number of hydrogen-bond donors (Lipinski definition) is 3. The Morgan fingerprint density at radius 1 is 1.14 bits per heavy atom. The maximum atomic E-state index is 13.4. The Labute approximate surface area is 205 Å². The number of hydrogen-bond acceptors (Lipinski definition) is 4. The summed E-state index contributed by atoms with van der Waals surface area (Å²) in [6.45, 7) is 18.0. The molecule has 35 heavy (non-hydrogen) atoms. The summed E-state index contributed by atoms with van der Waals surface area (Å²) >= 11 is 0. The molecule has 3 aromatic rings. The number of nitrogens with zero attached hydrogens (tertiary/aromatic N) is 2. The molecule has 5 nitrogen and oxygen atoms in total. The molecular weight excluding hydrogens is 437 g/mol. The third-order valence-corrected chi connectivity index (χ3v) is 5.62. The molecule has 178 valence electrons. The average molecular weight is 468 g/mol. The molecule has 0 unspecified atom stereocenters. The Hall–Kier alpha value is -4.45. The first kappa shape index (κ1) is 25.2. The summed E-state index contributed by atoms with van der Waals surface area (Å²) in [5, 5.41) is 12.2. The van der Waals surface area contributed by atoms with E-state index in [2.05, 4.69) is 40.2 Å². The monoisotopic (exact) mass is 467 g/mol. The molecule has 1 aromatic carbocycles. The zero-order valence-electron chi connectivity index (χ0n) is 20.3. The van der Waals surface area contributed by atoms with Gasteiger partial charge in [0, 0.05) is 28.9 Å². The maximum absolute atomic E-state index is 13.4. The Kier molecular flexibility index (Phi) is 8.00. The standard InChI is InChI=1S/C29H30FN5/c1-7-9-27(23-10-12-25(30)13-11-23)18(3)19(4)33-21(6)29-28(20(5)34-35-29)15-22(8-2)24-14-26(31)17-32-16-24/h7-17,33-34H,1,5-6,31H2,2-4H3/b19-18+,22-8+,27-9+,28-15+. The van der Waals surface area contributed by atoms with Crippen LogP contribution in [0.25, 0.3) is 29.5 Å². The lowest BCUT2D eigenvalue weighted by Gasteiger charge is -2.15. The number of nitrogens with one attached hydrogen (secondary N) is 2. The first-order valence-electron chi connectivity index (χ1n) is 11.1. The lowest BCUT2D eigenvalue weighted by molar-refractivity contribution is 0.627. The molecule has 0 bridgehead atoms. The summed E-state index contributed by atoms with van der Waals surface area (Å²) in [7, 11) is 0. The number of H-pyrrole nitrogens is 1. The van der Waals surface area contributed by atoms with Crippen molar-refractivity contribution in [3.05, 3.63) is 119 Å². The molecule has 2 aromatic heterocycles. The normalized spacial score (nSPS) is 13.4. The van der Waals surface area contributed by atoms with Gasteiger partial charge in [-0.3, -0.25) is 10.1 Å². The summed E-state index contributed by atoms with van der Waals surface area (Å²) in [4.78, 5) is 4.19. The maximum Gasteiger partial charge on any atom is 0.123 e. The number of pyridine rings is 1. The number of allylic oxidation sites excluding steroid dienone is 7. The Balaban J connectivity index is 1.97. The highest BCUT2D eigenvalue weighted by molar-refractivity contribution is 5.89. The highest BCUT2D eigenvalue weighted by atomic mass is 19.1. The van der Waals surface area contributed by atoms with Crippen LogP contribution in [0.3, 0.4) is 0 Å². The predicted molar refractivity (Wildman–Crippen MR) is 145 cm³/mol. The Morgan fingerprint density at radius 3 is 2.49 bits per heavy atom. The van der Waals surface area contributed by atoms with Crippen LogP contribution in [0.1, 0.15) is 37.6 Å². The fourth-order valence-electron chi connectivity index (χ4n) is 3.64. The van der Waals surface area contributed by atoms with Crippen LogP contribution in [0, 0.1) is 5.82 Å². The van der Waals surface area contributed by atoms with Gasteiger partial charge in [0.05, 0.1) is 16.7 Å². The molecule has 3 rings (SSSR count). The molecule has 2 heterocycles. The molecule has 0 saturated carbocycles. The molecule has 0 fully saturated rings. The minimum Gasteiger partial charge on any atom is -0.397 e. The molecule has 0 saturated heterocycles. The first-order valence-corrected chi connectivity index (χ1v) is 11.1. The van der Waals surface area contributed by atoms with Crippen molar-refractivity contribution in [2.24, 2.45) is 0 Å². The number of benzene rings is 1. The van der Waals surface area contributed by atoms with Gasteiger partial charge in [-0.05, 0) is 67.3 Å². The molecule has 6 heteroatoms. The van der Waals surface area contributed by atoms with Gasteiger partial charge in [0.2, 0.25) is 0 Å². The number of rotatable bonds is 8. The van der Waals surface area contributed by atoms with Crippen LogP contribution in [-0.2, 0) is 0 Å². The molecule has 0 atom stereocenters. The lowest BCUT2D eigenvalue weighted by Crippen LogP contribution is -2.25. The van der Waals surface area contributed by atoms with Gasteiger partial charge in [0.15, 0.2) is 0 Å². The topological polar surface area (TPSA) is 79.6 Å². The van der Waals surface area contributed by atoms with Crippen LogP contribution in [0.15, 0.2) is 85.4 Å². The quantitative estimate of drug-likeness (QED) is 0.410. The van der Waals surface area contributed by atoms with E-state index in [4.69, 9.17) is 5.73 Å². The number of aromatic amines is 1. The van der Waals surface area contributed by atoms with Crippen LogP contribution in [-0.4, -0.2) is 15.2 Å². The second-order valence-electron chi connectivity index (χ2n) is 8.04. The molecule has 0 radical (unpaired) electrons. The van der Waals surface area contributed by atoms with Crippen LogP contribution in [0.4, 0.5) is 10.1 Å². The summed E-state index contributed by atoms with van der Waals surface area (Å²) in [6.07, 6.45) is 10.9. The number of nitrogens with two attached hydrogens (primary N) is 1. The SMILES string of the molecule is C=C/C=C(\C(C)=C(/C)NC(=C)c1n[nH]c(=C)/c1=C\C(=C/C)c1cncc(N)c1)c1ccc(F)cc1. The van der Waals surface area contributed by atoms with Crippen molar-refractivity contribution < 1.29 is 4.39 Å². The van der Waals surface area contributed by atoms with Crippen molar-refractivity contribution >= 4 is 35.2 Å². The number of aromatic nitrogens is 3. The van der Waals surface area contributed by atoms with Gasteiger partial charge >= 0.3 is 0 Å². The molecule has 0 spiro atoms. The van der Waals surface area contributed by atoms with E-state index in [1.165, 1.54) is 12.1 Å². The van der Waals surface area contributed by atoms with E-state index in [1.54, 1.807) is 30.6 Å². The van der Waals surface area contributed by atoms with E-state index in [0.717, 1.165) is 38.8 Å². The van der Waals surface area contributed by atoms with Gasteiger partial charge in [0.25, 0.3) is 0 Å². The summed E-state index contributed by atoms with van der Waals surface area (Å²) in [5.41, 5.74) is 13.2. The second kappa shape index (κ2) is 11.1. The van der Waals surface area contributed by atoms with Crippen molar-refractivity contribution in [1.29, 1.82) is 0 Å². The third-order valence-electron chi connectivity index (χ3n) is 5.62. The molecular formula is C29H30FN5. The summed E-state index contributed by atoms with van der Waals surface area (Å²) < 4.78 is 13.4. The molecule has 4 N–H and O–H groups in total. The minimum atomic E-state index is -0.280. The lowest BCUT2D eigenvalue weighted by atomic mass is 9.97. The largest absolute Gasteiger partial charge is 0.397 e. The molecule has 0 aliphatic rings. The number of anilines is 1. The van der Waals surface area contributed by atoms with Gasteiger partial charge in [-0.2, -0.15) is 5.10 Å². The Bertz CT molecular complexity index is 1450. The fraction of sp³-hybridized carbons (Fsp3) is 0.103. The number of nitrogen functional groups attached to an aromatic ring is 1. The van der Waals surface area contributed by atoms with E-state index in [-0.39, 0.29) is 5.82 Å². The molecule has 0 amide bonds. The van der Waals surface area contributed by atoms with Crippen LogP contribution < -0.4 is 21.6 Å². The van der Waals surface area contributed by atoms with E-state index in [9.17, 15) is 4.39 Å². The zero-order chi connectivity index (χ0) is 25.5. The summed E-state index contributed by atoms with van der Waals surface area (Å²) in [5.74, 6) is -0.280. The van der Waals surface area contributed by atoms with Crippen molar-refractivity contribution in [1.82, 2.24) is 20.5 Å². The zero-order valence-corrected chi connectivity index (χ0v) is 20.3. The molecule has 0 aliphatic carbocycles. The van der Waals surface area contributed by atoms with Gasteiger partial charge in [0.1, 0.15) is 11.5 Å². The van der Waals surface area contributed by atoms with Crippen molar-refractivity contribution in [2.75, 3.05) is 5.73 Å². The van der Waals surface area contributed by atoms with E-state index >= 15 is 0 Å². The smallest absolute Gasteiger partial charge is 0.123 e. The first-order chi connectivity index (χ1) is 16.7. The van der Waals surface area contributed by atoms with Crippen LogP contribution in [0.2, 0.25) is 0 Å². The highest BCUT2D eigenvalue weighted by Gasteiger charge is 2.11. The van der Waals surface area contributed by atoms with Gasteiger partial charge in [-0.25, -0.2) is 4.39 Å². The van der Waals surface area contributed by atoms with Gasteiger partial charge < -0.3 is 11.1 Å².